The number of ether oxygens (including phenoxy) is 2. The molecule has 1 aromatic rings. The molecular weight excluding hydrogens is 306 g/mol. The highest BCUT2D eigenvalue weighted by Crippen LogP contribution is 2.15. The average Bonchev–Trinajstić information content (AvgIpc) is 2.56. The number of nitrogens with one attached hydrogen (secondary N) is 1. The van der Waals surface area contributed by atoms with Crippen molar-refractivity contribution in [2.45, 2.75) is 31.9 Å². The first-order valence-corrected chi connectivity index (χ1v) is 7.68. The van der Waals surface area contributed by atoms with Gasteiger partial charge in [0.2, 0.25) is 0 Å². The van der Waals surface area contributed by atoms with Gasteiger partial charge in [0.05, 0.1) is 0 Å². The van der Waals surface area contributed by atoms with E-state index in [1.807, 2.05) is 0 Å². The lowest BCUT2D eigenvalue weighted by Gasteiger charge is -2.31. The number of urea groups is 1. The molecular formula is C16H22F2N2O3. The van der Waals surface area contributed by atoms with E-state index in [4.69, 9.17) is 4.74 Å². The van der Waals surface area contributed by atoms with Crippen LogP contribution in [0.1, 0.15) is 18.4 Å². The van der Waals surface area contributed by atoms with Crippen molar-refractivity contribution in [1.82, 2.24) is 10.2 Å². The van der Waals surface area contributed by atoms with Gasteiger partial charge in [0.15, 0.2) is 0 Å². The molecule has 1 fully saturated rings. The van der Waals surface area contributed by atoms with Gasteiger partial charge < -0.3 is 19.7 Å². The number of halogens is 2. The Bertz CT molecular complexity index is 491. The van der Waals surface area contributed by atoms with E-state index in [2.05, 4.69) is 10.1 Å². The quantitative estimate of drug-likeness (QED) is 0.873. The third-order valence-electron chi connectivity index (χ3n) is 3.90. The second-order valence-electron chi connectivity index (χ2n) is 5.46. The van der Waals surface area contributed by atoms with Crippen molar-refractivity contribution in [1.29, 1.82) is 0 Å². The summed E-state index contributed by atoms with van der Waals surface area (Å²) in [6.45, 7) is -0.951. The molecule has 0 bridgehead atoms. The minimum atomic E-state index is -2.82. The Kier molecular flexibility index (Phi) is 6.58. The molecule has 0 saturated carbocycles. The summed E-state index contributed by atoms with van der Waals surface area (Å²) in [6.07, 6.45) is 2.34. The van der Waals surface area contributed by atoms with Crippen molar-refractivity contribution < 1.29 is 23.0 Å². The van der Waals surface area contributed by atoms with E-state index in [0.717, 1.165) is 18.4 Å². The largest absolute Gasteiger partial charge is 0.435 e. The molecule has 0 radical (unpaired) electrons. The minimum Gasteiger partial charge on any atom is -0.435 e. The number of nitrogens with zero attached hydrogens (tertiary/aromatic N) is 1. The van der Waals surface area contributed by atoms with Crippen LogP contribution in [0.3, 0.4) is 0 Å². The topological polar surface area (TPSA) is 50.8 Å². The number of alkyl halides is 2. The van der Waals surface area contributed by atoms with E-state index in [0.29, 0.717) is 26.2 Å². The predicted octanol–water partition coefficient (Wildman–Crippen LogP) is 2.65. The van der Waals surface area contributed by atoms with Crippen molar-refractivity contribution in [2.24, 2.45) is 0 Å². The van der Waals surface area contributed by atoms with E-state index >= 15 is 0 Å². The lowest BCUT2D eigenvalue weighted by Crippen LogP contribution is -2.46. The van der Waals surface area contributed by atoms with E-state index in [-0.39, 0.29) is 17.8 Å². The summed E-state index contributed by atoms with van der Waals surface area (Å²) in [4.78, 5) is 13.8. The summed E-state index contributed by atoms with van der Waals surface area (Å²) in [5.41, 5.74) is 0.945. The number of hydrogen-bond acceptors (Lipinski definition) is 3. The Morgan fingerprint density at radius 1 is 1.35 bits per heavy atom. The van der Waals surface area contributed by atoms with Gasteiger partial charge in [0.1, 0.15) is 5.75 Å². The van der Waals surface area contributed by atoms with Gasteiger partial charge in [0.25, 0.3) is 0 Å². The molecule has 0 atom stereocenters. The number of hydrogen-bond donors (Lipinski definition) is 1. The van der Waals surface area contributed by atoms with Gasteiger partial charge >= 0.3 is 12.6 Å². The summed E-state index contributed by atoms with van der Waals surface area (Å²) >= 11 is 0. The van der Waals surface area contributed by atoms with Gasteiger partial charge in [-0.2, -0.15) is 8.78 Å². The molecule has 128 valence electrons. The average molecular weight is 328 g/mol. The molecule has 1 heterocycles. The standard InChI is InChI=1S/C16H22F2N2O3/c1-20(13-7-10-22-11-8-13)16(21)19-9-6-12-2-4-14(5-3-12)23-15(17)18/h2-5,13,15H,6-11H2,1H3,(H,19,21). The van der Waals surface area contributed by atoms with Crippen molar-refractivity contribution in [3.05, 3.63) is 29.8 Å². The highest BCUT2D eigenvalue weighted by Gasteiger charge is 2.21. The maximum atomic E-state index is 12.1. The monoisotopic (exact) mass is 328 g/mol. The number of rotatable bonds is 6. The molecule has 23 heavy (non-hydrogen) atoms. The molecule has 1 saturated heterocycles. The lowest BCUT2D eigenvalue weighted by atomic mass is 10.1. The van der Waals surface area contributed by atoms with Crippen LogP contribution in [-0.4, -0.2) is 50.4 Å². The summed E-state index contributed by atoms with van der Waals surface area (Å²) in [6, 6.07) is 6.54. The SMILES string of the molecule is CN(C(=O)NCCc1ccc(OC(F)F)cc1)C1CCOCC1. The van der Waals surface area contributed by atoms with Crippen LogP contribution in [0.25, 0.3) is 0 Å². The highest BCUT2D eigenvalue weighted by atomic mass is 19.3. The van der Waals surface area contributed by atoms with Crippen molar-refractivity contribution >= 4 is 6.03 Å². The van der Waals surface area contributed by atoms with Crippen molar-refractivity contribution in [2.75, 3.05) is 26.8 Å². The molecule has 1 aliphatic heterocycles. The first-order valence-electron chi connectivity index (χ1n) is 7.68. The molecule has 2 amide bonds. The molecule has 0 aromatic heterocycles. The maximum Gasteiger partial charge on any atom is 0.387 e. The molecule has 0 aliphatic carbocycles. The third kappa shape index (κ3) is 5.67. The van der Waals surface area contributed by atoms with Gasteiger partial charge in [-0.05, 0) is 37.0 Å². The molecule has 2 rings (SSSR count). The van der Waals surface area contributed by atoms with Crippen LogP contribution >= 0.6 is 0 Å². The van der Waals surface area contributed by atoms with E-state index in [9.17, 15) is 13.6 Å². The molecule has 7 heteroatoms. The van der Waals surface area contributed by atoms with Crippen molar-refractivity contribution in [3.63, 3.8) is 0 Å². The Morgan fingerprint density at radius 3 is 2.61 bits per heavy atom. The van der Waals surface area contributed by atoms with E-state index in [1.54, 1.807) is 24.1 Å². The molecule has 5 nitrogen and oxygen atoms in total. The summed E-state index contributed by atoms with van der Waals surface area (Å²) in [5.74, 6) is 0.132. The van der Waals surface area contributed by atoms with E-state index in [1.165, 1.54) is 12.1 Å². The third-order valence-corrected chi connectivity index (χ3v) is 3.90. The van der Waals surface area contributed by atoms with Gasteiger partial charge in [-0.25, -0.2) is 4.79 Å². The summed E-state index contributed by atoms with van der Waals surface area (Å²) < 4.78 is 33.7. The predicted molar refractivity (Wildman–Crippen MR) is 81.8 cm³/mol. The second kappa shape index (κ2) is 8.67. The zero-order chi connectivity index (χ0) is 16.7. The molecule has 1 aliphatic rings. The Labute approximate surface area is 134 Å². The fraction of sp³-hybridized carbons (Fsp3) is 0.562. The Morgan fingerprint density at radius 2 is 2.00 bits per heavy atom. The zero-order valence-corrected chi connectivity index (χ0v) is 13.1. The van der Waals surface area contributed by atoms with Crippen LogP contribution < -0.4 is 10.1 Å². The van der Waals surface area contributed by atoms with Crippen LogP contribution in [-0.2, 0) is 11.2 Å². The number of amides is 2. The molecule has 1 N–H and O–H groups in total. The van der Waals surface area contributed by atoms with Crippen LogP contribution in [0.15, 0.2) is 24.3 Å². The lowest BCUT2D eigenvalue weighted by molar-refractivity contribution is -0.0498. The smallest absolute Gasteiger partial charge is 0.387 e. The van der Waals surface area contributed by atoms with Gasteiger partial charge in [0, 0.05) is 32.8 Å². The fourth-order valence-electron chi connectivity index (χ4n) is 2.51. The van der Waals surface area contributed by atoms with Crippen LogP contribution in [0, 0.1) is 0 Å². The first kappa shape index (κ1) is 17.5. The Balaban J connectivity index is 1.72. The zero-order valence-electron chi connectivity index (χ0n) is 13.1. The number of benzene rings is 1. The molecule has 0 spiro atoms. The van der Waals surface area contributed by atoms with Crippen LogP contribution in [0.2, 0.25) is 0 Å². The maximum absolute atomic E-state index is 12.1. The Hall–Kier alpha value is -1.89. The fourth-order valence-corrected chi connectivity index (χ4v) is 2.51. The summed E-state index contributed by atoms with van der Waals surface area (Å²) in [5, 5.41) is 2.87. The molecule has 0 unspecified atom stereocenters. The van der Waals surface area contributed by atoms with Gasteiger partial charge in [-0.15, -0.1) is 0 Å². The van der Waals surface area contributed by atoms with Gasteiger partial charge in [-0.3, -0.25) is 0 Å². The highest BCUT2D eigenvalue weighted by molar-refractivity contribution is 5.74. The van der Waals surface area contributed by atoms with Crippen molar-refractivity contribution in [3.8, 4) is 5.75 Å². The van der Waals surface area contributed by atoms with Crippen LogP contribution in [0.4, 0.5) is 13.6 Å². The second-order valence-corrected chi connectivity index (χ2v) is 5.46. The van der Waals surface area contributed by atoms with Gasteiger partial charge in [-0.1, -0.05) is 12.1 Å². The first-order chi connectivity index (χ1) is 11.1. The normalized spacial score (nSPS) is 15.5. The number of carbonyl (C=O) groups is 1. The molecule has 1 aromatic carbocycles. The summed E-state index contributed by atoms with van der Waals surface area (Å²) in [7, 11) is 1.79. The minimum absolute atomic E-state index is 0.102. The van der Waals surface area contributed by atoms with E-state index < -0.39 is 6.61 Å². The number of carbonyl (C=O) groups excluding carboxylic acids is 1. The van der Waals surface area contributed by atoms with Crippen LogP contribution in [0.5, 0.6) is 5.75 Å².